The maximum atomic E-state index is 14.0. The molecule has 0 spiro atoms. The first kappa shape index (κ1) is 14.8. The minimum absolute atomic E-state index is 0.0451. The van der Waals surface area contributed by atoms with Crippen molar-refractivity contribution in [1.82, 2.24) is 0 Å². The van der Waals surface area contributed by atoms with E-state index in [1.54, 1.807) is 6.07 Å². The fourth-order valence-corrected chi connectivity index (χ4v) is 3.51. The van der Waals surface area contributed by atoms with Crippen LogP contribution in [0.15, 0.2) is 30.3 Å². The molecule has 0 saturated carbocycles. The second-order valence-electron chi connectivity index (χ2n) is 6.02. The smallest absolute Gasteiger partial charge is 0.259 e. The summed E-state index contributed by atoms with van der Waals surface area (Å²) in [5.74, 6) is -4.94. The van der Waals surface area contributed by atoms with Crippen LogP contribution >= 0.6 is 0 Å². The number of ketones is 1. The minimum Gasteiger partial charge on any atom is -0.456 e. The summed E-state index contributed by atoms with van der Waals surface area (Å²) in [7, 11) is 0. The number of carbonyl (C=O) groups is 1. The van der Waals surface area contributed by atoms with E-state index in [2.05, 4.69) is 0 Å². The number of benzene rings is 2. The lowest BCUT2D eigenvalue weighted by molar-refractivity contribution is -0.0144. The van der Waals surface area contributed by atoms with Crippen molar-refractivity contribution in [3.8, 4) is 17.6 Å². The number of alkyl halides is 2. The van der Waals surface area contributed by atoms with Gasteiger partial charge in [0.25, 0.3) is 5.92 Å². The molecule has 1 unspecified atom stereocenters. The molecule has 0 bridgehead atoms. The Morgan fingerprint density at radius 3 is 2.79 bits per heavy atom. The summed E-state index contributed by atoms with van der Waals surface area (Å²) in [4.78, 5) is 12.2. The van der Waals surface area contributed by atoms with Gasteiger partial charge in [0.1, 0.15) is 17.3 Å². The average molecular weight is 329 g/mol. The monoisotopic (exact) mass is 329 g/mol. The van der Waals surface area contributed by atoms with E-state index in [0.717, 1.165) is 12.1 Å². The largest absolute Gasteiger partial charge is 0.456 e. The normalized spacial score (nSPS) is 19.9. The summed E-state index contributed by atoms with van der Waals surface area (Å²) in [6.45, 7) is 0. The van der Waals surface area contributed by atoms with Crippen LogP contribution in [0.1, 0.15) is 39.4 Å². The Balaban J connectivity index is 1.80. The molecule has 2 aliphatic carbocycles. The summed E-state index contributed by atoms with van der Waals surface area (Å²) in [5, 5.41) is 8.88. The van der Waals surface area contributed by atoms with Gasteiger partial charge in [0.15, 0.2) is 5.78 Å². The molecule has 3 nitrogen and oxygen atoms in total. The molecule has 0 fully saturated rings. The summed E-state index contributed by atoms with van der Waals surface area (Å²) in [5.41, 5.74) is 1.02. The molecule has 0 amide bonds. The van der Waals surface area contributed by atoms with E-state index in [1.165, 1.54) is 18.2 Å². The lowest BCUT2D eigenvalue weighted by Crippen LogP contribution is -2.21. The van der Waals surface area contributed by atoms with Crippen LogP contribution in [0.4, 0.5) is 13.2 Å². The highest BCUT2D eigenvalue weighted by molar-refractivity contribution is 6.05. The van der Waals surface area contributed by atoms with Crippen molar-refractivity contribution in [1.29, 1.82) is 5.26 Å². The van der Waals surface area contributed by atoms with Crippen LogP contribution < -0.4 is 4.74 Å². The van der Waals surface area contributed by atoms with Crippen LogP contribution in [0.2, 0.25) is 0 Å². The zero-order valence-corrected chi connectivity index (χ0v) is 12.3. The van der Waals surface area contributed by atoms with Gasteiger partial charge in [-0.25, -0.2) is 13.2 Å². The van der Waals surface area contributed by atoms with Crippen molar-refractivity contribution in [2.45, 2.75) is 24.7 Å². The topological polar surface area (TPSA) is 50.1 Å². The summed E-state index contributed by atoms with van der Waals surface area (Å²) >= 11 is 0. The first-order valence-electron chi connectivity index (χ1n) is 7.34. The molecule has 0 heterocycles. The summed E-state index contributed by atoms with van der Waals surface area (Å²) in [6, 6.07) is 8.23. The molecule has 0 N–H and O–H groups in total. The third-order valence-electron chi connectivity index (χ3n) is 4.48. The van der Waals surface area contributed by atoms with E-state index < -0.39 is 23.4 Å². The summed E-state index contributed by atoms with van der Waals surface area (Å²) in [6.07, 6.45) is -0.631. The Kier molecular flexibility index (Phi) is 2.98. The number of ether oxygens (including phenoxy) is 1. The van der Waals surface area contributed by atoms with Gasteiger partial charge < -0.3 is 4.74 Å². The number of halogens is 3. The zero-order valence-electron chi connectivity index (χ0n) is 12.3. The molecule has 2 aromatic rings. The van der Waals surface area contributed by atoms with Crippen molar-refractivity contribution in [2.75, 3.05) is 0 Å². The predicted octanol–water partition coefficient (Wildman–Crippen LogP) is 4.35. The van der Waals surface area contributed by atoms with Gasteiger partial charge in [0.05, 0.1) is 23.1 Å². The van der Waals surface area contributed by atoms with Gasteiger partial charge in [0, 0.05) is 18.9 Å². The second kappa shape index (κ2) is 4.84. The van der Waals surface area contributed by atoms with E-state index in [0.29, 0.717) is 11.1 Å². The maximum absolute atomic E-state index is 14.0. The second-order valence-corrected chi connectivity index (χ2v) is 6.02. The van der Waals surface area contributed by atoms with Gasteiger partial charge in [-0.1, -0.05) is 6.07 Å². The molecule has 0 aliphatic heterocycles. The van der Waals surface area contributed by atoms with Crippen LogP contribution in [0, 0.1) is 17.1 Å². The highest BCUT2D eigenvalue weighted by Gasteiger charge is 2.54. The van der Waals surface area contributed by atoms with Gasteiger partial charge in [0.2, 0.25) is 0 Å². The van der Waals surface area contributed by atoms with Crippen molar-refractivity contribution in [2.24, 2.45) is 0 Å². The Morgan fingerprint density at radius 2 is 2.04 bits per heavy atom. The van der Waals surface area contributed by atoms with Gasteiger partial charge >= 0.3 is 0 Å². The van der Waals surface area contributed by atoms with E-state index >= 15 is 0 Å². The Morgan fingerprint density at radius 1 is 1.25 bits per heavy atom. The first-order chi connectivity index (χ1) is 11.4. The molecule has 1 atom stereocenters. The molecule has 4 rings (SSSR count). The number of nitrogens with zero attached hydrogens (tertiary/aromatic N) is 1. The standard InChI is InChI=1S/C18H10F3NO2/c19-11-3-9(8-22)4-12(5-11)24-15-2-1-10-7-18(20,21)13-6-14(23)17(15)16(10)13/h1-5,13H,6-7H2. The number of nitriles is 1. The number of hydrogen-bond acceptors (Lipinski definition) is 3. The Labute approximate surface area is 135 Å². The van der Waals surface area contributed by atoms with Crippen LogP contribution in [0.25, 0.3) is 0 Å². The lowest BCUT2D eigenvalue weighted by atomic mass is 10.0. The van der Waals surface area contributed by atoms with Crippen molar-refractivity contribution < 1.29 is 22.7 Å². The van der Waals surface area contributed by atoms with Crippen LogP contribution in [0.3, 0.4) is 0 Å². The molecule has 24 heavy (non-hydrogen) atoms. The predicted molar refractivity (Wildman–Crippen MR) is 78.0 cm³/mol. The van der Waals surface area contributed by atoms with Crippen LogP contribution in [-0.4, -0.2) is 11.7 Å². The van der Waals surface area contributed by atoms with Gasteiger partial charge in [-0.2, -0.15) is 5.26 Å². The van der Waals surface area contributed by atoms with Crippen LogP contribution in [0.5, 0.6) is 11.5 Å². The SMILES string of the molecule is N#Cc1cc(F)cc(Oc2ccc3c4c2C(=O)CC4C(F)(F)C3)c1. The van der Waals surface area contributed by atoms with Crippen LogP contribution in [-0.2, 0) is 6.42 Å². The van der Waals surface area contributed by atoms with Crippen molar-refractivity contribution in [3.05, 3.63) is 58.4 Å². The maximum Gasteiger partial charge on any atom is 0.259 e. The highest BCUT2D eigenvalue weighted by Crippen LogP contribution is 2.54. The van der Waals surface area contributed by atoms with E-state index in [1.807, 2.05) is 0 Å². The molecule has 120 valence electrons. The molecule has 0 radical (unpaired) electrons. The number of carbonyl (C=O) groups excluding carboxylic acids is 1. The molecule has 0 aromatic heterocycles. The number of hydrogen-bond donors (Lipinski definition) is 0. The third-order valence-corrected chi connectivity index (χ3v) is 4.48. The fourth-order valence-electron chi connectivity index (χ4n) is 3.51. The molecular formula is C18H10F3NO2. The molecule has 6 heteroatoms. The Bertz CT molecular complexity index is 931. The third kappa shape index (κ3) is 2.08. The minimum atomic E-state index is -2.94. The average Bonchev–Trinajstić information content (AvgIpc) is 2.99. The lowest BCUT2D eigenvalue weighted by Gasteiger charge is -2.14. The highest BCUT2D eigenvalue weighted by atomic mass is 19.3. The van der Waals surface area contributed by atoms with Crippen molar-refractivity contribution >= 4 is 5.78 Å². The first-order valence-corrected chi connectivity index (χ1v) is 7.34. The molecule has 0 saturated heterocycles. The van der Waals surface area contributed by atoms with E-state index in [9.17, 15) is 18.0 Å². The van der Waals surface area contributed by atoms with Gasteiger partial charge in [-0.3, -0.25) is 4.79 Å². The molecular weight excluding hydrogens is 319 g/mol. The van der Waals surface area contributed by atoms with Gasteiger partial charge in [-0.05, 0) is 29.3 Å². The Hall–Kier alpha value is -2.81. The number of Topliss-reactive ketones (excluding diaryl/α,β-unsaturated/α-hetero) is 1. The summed E-state index contributed by atoms with van der Waals surface area (Å²) < 4.78 is 47.1. The van der Waals surface area contributed by atoms with E-state index in [-0.39, 0.29) is 35.5 Å². The molecule has 2 aromatic carbocycles. The quantitative estimate of drug-likeness (QED) is 0.823. The van der Waals surface area contributed by atoms with Gasteiger partial charge in [-0.15, -0.1) is 0 Å². The zero-order chi connectivity index (χ0) is 17.1. The fraction of sp³-hybridized carbons (Fsp3) is 0.222. The molecule has 2 aliphatic rings. The number of rotatable bonds is 2. The van der Waals surface area contributed by atoms with E-state index in [4.69, 9.17) is 10.00 Å². The van der Waals surface area contributed by atoms with Crippen molar-refractivity contribution in [3.63, 3.8) is 0 Å².